The third-order valence-corrected chi connectivity index (χ3v) is 5.87. The van der Waals surface area contributed by atoms with Crippen molar-refractivity contribution in [3.8, 4) is 5.75 Å². The zero-order valence-corrected chi connectivity index (χ0v) is 20.3. The molecular formula is C26H37N3O3. The molecule has 0 radical (unpaired) electrons. The van der Waals surface area contributed by atoms with E-state index in [4.69, 9.17) is 9.47 Å². The molecule has 6 heteroatoms. The minimum Gasteiger partial charge on any atom is -0.486 e. The fourth-order valence-electron chi connectivity index (χ4n) is 4.16. The second kappa shape index (κ2) is 10.3. The van der Waals surface area contributed by atoms with E-state index in [2.05, 4.69) is 67.9 Å². The van der Waals surface area contributed by atoms with Crippen LogP contribution in [0.4, 0.5) is 11.4 Å². The van der Waals surface area contributed by atoms with Gasteiger partial charge in [0.25, 0.3) is 0 Å². The molecular weight excluding hydrogens is 402 g/mol. The van der Waals surface area contributed by atoms with Crippen LogP contribution in [0.3, 0.4) is 0 Å². The van der Waals surface area contributed by atoms with Crippen LogP contribution < -0.4 is 15.0 Å². The van der Waals surface area contributed by atoms with E-state index in [1.165, 1.54) is 18.2 Å². The summed E-state index contributed by atoms with van der Waals surface area (Å²) in [6.07, 6.45) is 0. The molecule has 3 rings (SSSR count). The number of carbonyl (C=O) groups excluding carboxylic acids is 1. The van der Waals surface area contributed by atoms with Crippen molar-refractivity contribution in [3.63, 3.8) is 0 Å². The van der Waals surface area contributed by atoms with Gasteiger partial charge in [0.2, 0.25) is 0 Å². The van der Waals surface area contributed by atoms with Crippen molar-refractivity contribution in [2.75, 3.05) is 56.6 Å². The van der Waals surface area contributed by atoms with Gasteiger partial charge < -0.3 is 24.6 Å². The quantitative estimate of drug-likeness (QED) is 0.611. The Morgan fingerprint density at radius 1 is 1.03 bits per heavy atom. The first kappa shape index (κ1) is 23.9. The number of anilines is 2. The SMILES string of the molecule is CCN1CCN(c2ccc(C(=O)OC)cc2NCC(C)(C)Oc2cc(C)cc(C)c2)CC1. The summed E-state index contributed by atoms with van der Waals surface area (Å²) in [5.41, 5.74) is 4.50. The van der Waals surface area contributed by atoms with Gasteiger partial charge in [0.05, 0.1) is 30.6 Å². The molecule has 0 spiro atoms. The van der Waals surface area contributed by atoms with Gasteiger partial charge in [0.1, 0.15) is 11.4 Å². The number of likely N-dealkylation sites (N-methyl/N-ethyl adjacent to an activating group) is 1. The van der Waals surface area contributed by atoms with Crippen LogP contribution in [0, 0.1) is 13.8 Å². The molecule has 2 aromatic rings. The van der Waals surface area contributed by atoms with E-state index in [1.54, 1.807) is 0 Å². The number of carbonyl (C=O) groups is 1. The first-order chi connectivity index (χ1) is 15.2. The number of nitrogens with zero attached hydrogens (tertiary/aromatic N) is 2. The third-order valence-electron chi connectivity index (χ3n) is 5.87. The summed E-state index contributed by atoms with van der Waals surface area (Å²) >= 11 is 0. The maximum absolute atomic E-state index is 12.1. The maximum atomic E-state index is 12.1. The molecule has 32 heavy (non-hydrogen) atoms. The van der Waals surface area contributed by atoms with Crippen LogP contribution in [0.25, 0.3) is 0 Å². The van der Waals surface area contributed by atoms with E-state index in [9.17, 15) is 4.79 Å². The number of nitrogens with one attached hydrogen (secondary N) is 1. The van der Waals surface area contributed by atoms with E-state index in [1.807, 2.05) is 18.2 Å². The fourth-order valence-corrected chi connectivity index (χ4v) is 4.16. The third kappa shape index (κ3) is 6.16. The molecule has 1 aliphatic rings. The number of rotatable bonds is 8. The van der Waals surface area contributed by atoms with Gasteiger partial charge in [0, 0.05) is 26.2 Å². The zero-order valence-electron chi connectivity index (χ0n) is 20.3. The Morgan fingerprint density at radius 2 is 1.69 bits per heavy atom. The molecule has 0 atom stereocenters. The summed E-state index contributed by atoms with van der Waals surface area (Å²) in [4.78, 5) is 17.0. The van der Waals surface area contributed by atoms with Crippen molar-refractivity contribution in [1.82, 2.24) is 4.90 Å². The van der Waals surface area contributed by atoms with Crippen LogP contribution in [-0.2, 0) is 4.74 Å². The number of hydrogen-bond acceptors (Lipinski definition) is 6. The fraction of sp³-hybridized carbons (Fsp3) is 0.500. The van der Waals surface area contributed by atoms with Crippen LogP contribution >= 0.6 is 0 Å². The lowest BCUT2D eigenvalue weighted by Crippen LogP contribution is -2.46. The molecule has 0 aliphatic carbocycles. The lowest BCUT2D eigenvalue weighted by atomic mass is 10.1. The van der Waals surface area contributed by atoms with Crippen LogP contribution in [0.15, 0.2) is 36.4 Å². The molecule has 1 fully saturated rings. The Balaban J connectivity index is 1.78. The first-order valence-corrected chi connectivity index (χ1v) is 11.4. The number of hydrogen-bond donors (Lipinski definition) is 1. The molecule has 1 heterocycles. The van der Waals surface area contributed by atoms with Crippen molar-refractivity contribution in [2.45, 2.75) is 40.2 Å². The highest BCUT2D eigenvalue weighted by Gasteiger charge is 2.23. The highest BCUT2D eigenvalue weighted by atomic mass is 16.5. The molecule has 1 aliphatic heterocycles. The lowest BCUT2D eigenvalue weighted by Gasteiger charge is -2.37. The van der Waals surface area contributed by atoms with E-state index in [0.29, 0.717) is 12.1 Å². The molecule has 0 saturated carbocycles. The van der Waals surface area contributed by atoms with Crippen molar-refractivity contribution in [1.29, 1.82) is 0 Å². The highest BCUT2D eigenvalue weighted by Crippen LogP contribution is 2.30. The van der Waals surface area contributed by atoms with Crippen LogP contribution in [-0.4, -0.2) is 62.8 Å². The van der Waals surface area contributed by atoms with Crippen molar-refractivity contribution >= 4 is 17.3 Å². The van der Waals surface area contributed by atoms with E-state index in [0.717, 1.165) is 49.8 Å². The largest absolute Gasteiger partial charge is 0.486 e. The standard InChI is InChI=1S/C26H37N3O3/c1-7-28-10-12-29(13-11-28)24-9-8-21(25(30)31-6)17-23(24)27-18-26(4,5)32-22-15-19(2)14-20(3)16-22/h8-9,14-17,27H,7,10-13,18H2,1-6H3. The van der Waals surface area contributed by atoms with Crippen molar-refractivity contribution in [3.05, 3.63) is 53.1 Å². The molecule has 0 aromatic heterocycles. The van der Waals surface area contributed by atoms with Crippen molar-refractivity contribution < 1.29 is 14.3 Å². The van der Waals surface area contributed by atoms with Crippen LogP contribution in [0.1, 0.15) is 42.3 Å². The summed E-state index contributed by atoms with van der Waals surface area (Å²) in [5, 5.41) is 3.56. The number of ether oxygens (including phenoxy) is 2. The van der Waals surface area contributed by atoms with Gasteiger partial charge in [-0.2, -0.15) is 0 Å². The Labute approximate surface area is 192 Å². The number of methoxy groups -OCH3 is 1. The molecule has 6 nitrogen and oxygen atoms in total. The Bertz CT molecular complexity index is 914. The number of aryl methyl sites for hydroxylation is 2. The normalized spacial score (nSPS) is 14.9. The second-order valence-corrected chi connectivity index (χ2v) is 9.18. The van der Waals surface area contributed by atoms with Gasteiger partial charge in [-0.05, 0) is 75.7 Å². The highest BCUT2D eigenvalue weighted by molar-refractivity contribution is 5.92. The van der Waals surface area contributed by atoms with E-state index < -0.39 is 5.60 Å². The topological polar surface area (TPSA) is 54.0 Å². The molecule has 1 saturated heterocycles. The van der Waals surface area contributed by atoms with Crippen LogP contribution in [0.5, 0.6) is 5.75 Å². The average molecular weight is 440 g/mol. The van der Waals surface area contributed by atoms with Gasteiger partial charge in [-0.25, -0.2) is 4.79 Å². The summed E-state index contributed by atoms with van der Waals surface area (Å²) in [5.74, 6) is 0.537. The smallest absolute Gasteiger partial charge is 0.337 e. The summed E-state index contributed by atoms with van der Waals surface area (Å²) in [7, 11) is 1.41. The Kier molecular flexibility index (Phi) is 7.67. The molecule has 2 aromatic carbocycles. The van der Waals surface area contributed by atoms with Gasteiger partial charge in [-0.15, -0.1) is 0 Å². The minimum absolute atomic E-state index is 0.332. The Morgan fingerprint density at radius 3 is 2.28 bits per heavy atom. The van der Waals surface area contributed by atoms with Crippen molar-refractivity contribution in [2.24, 2.45) is 0 Å². The second-order valence-electron chi connectivity index (χ2n) is 9.18. The molecule has 174 valence electrons. The van der Waals surface area contributed by atoms with Gasteiger partial charge in [-0.1, -0.05) is 13.0 Å². The molecule has 0 amide bonds. The first-order valence-electron chi connectivity index (χ1n) is 11.4. The Hall–Kier alpha value is -2.73. The summed E-state index contributed by atoms with van der Waals surface area (Å²) in [6.45, 7) is 16.2. The van der Waals surface area contributed by atoms with Gasteiger partial charge in [0.15, 0.2) is 0 Å². The lowest BCUT2D eigenvalue weighted by molar-refractivity contribution is 0.0601. The predicted molar refractivity (Wildman–Crippen MR) is 131 cm³/mol. The number of piperazine rings is 1. The van der Waals surface area contributed by atoms with Crippen LogP contribution in [0.2, 0.25) is 0 Å². The summed E-state index contributed by atoms with van der Waals surface area (Å²) < 4.78 is 11.3. The number of benzene rings is 2. The predicted octanol–water partition coefficient (Wildman–Crippen LogP) is 4.50. The minimum atomic E-state index is -0.445. The van der Waals surface area contributed by atoms with Gasteiger partial charge >= 0.3 is 5.97 Å². The zero-order chi connectivity index (χ0) is 23.3. The summed E-state index contributed by atoms with van der Waals surface area (Å²) in [6, 6.07) is 12.0. The number of esters is 1. The molecule has 1 N–H and O–H groups in total. The molecule has 0 unspecified atom stereocenters. The monoisotopic (exact) mass is 439 g/mol. The van der Waals surface area contributed by atoms with E-state index in [-0.39, 0.29) is 5.97 Å². The maximum Gasteiger partial charge on any atom is 0.337 e. The molecule has 0 bridgehead atoms. The average Bonchev–Trinajstić information content (AvgIpc) is 2.76. The van der Waals surface area contributed by atoms with Gasteiger partial charge in [-0.3, -0.25) is 0 Å². The van der Waals surface area contributed by atoms with E-state index >= 15 is 0 Å².